The lowest BCUT2D eigenvalue weighted by atomic mass is 10.2. The van der Waals surface area contributed by atoms with Crippen molar-refractivity contribution in [1.29, 1.82) is 0 Å². The van der Waals surface area contributed by atoms with E-state index in [4.69, 9.17) is 21.1 Å². The highest BCUT2D eigenvalue weighted by Crippen LogP contribution is 2.29. The van der Waals surface area contributed by atoms with Crippen molar-refractivity contribution in [3.63, 3.8) is 0 Å². The van der Waals surface area contributed by atoms with E-state index in [2.05, 4.69) is 5.32 Å². The van der Waals surface area contributed by atoms with E-state index in [0.717, 1.165) is 12.1 Å². The molecule has 0 aromatic heterocycles. The largest absolute Gasteiger partial charge is 0.496 e. The first-order chi connectivity index (χ1) is 14.6. The molecule has 0 fully saturated rings. The number of hydrogen-bond donors (Lipinski definition) is 1. The number of methoxy groups -OCH3 is 1. The number of benzene rings is 2. The zero-order valence-corrected chi connectivity index (χ0v) is 17.0. The number of nitrogens with one attached hydrogen (secondary N) is 1. The van der Waals surface area contributed by atoms with E-state index in [1.165, 1.54) is 50.4 Å². The summed E-state index contributed by atoms with van der Waals surface area (Å²) in [6, 6.07) is 7.79. The average Bonchev–Trinajstić information content (AvgIpc) is 2.72. The van der Waals surface area contributed by atoms with Crippen molar-refractivity contribution in [2.75, 3.05) is 12.4 Å². The summed E-state index contributed by atoms with van der Waals surface area (Å²) in [6.07, 6.45) is 0.954. The molecule has 0 heterocycles. The Kier molecular flexibility index (Phi) is 7.64. The predicted molar refractivity (Wildman–Crippen MR) is 111 cm³/mol. The van der Waals surface area contributed by atoms with Crippen LogP contribution in [0.4, 0.5) is 17.1 Å². The highest BCUT2D eigenvalue weighted by atomic mass is 35.5. The molecule has 11 nitrogen and oxygen atoms in total. The fourth-order valence-corrected chi connectivity index (χ4v) is 2.52. The zero-order chi connectivity index (χ0) is 23.1. The Morgan fingerprint density at radius 2 is 1.77 bits per heavy atom. The number of nitrogens with zero attached hydrogens (tertiary/aromatic N) is 2. The van der Waals surface area contributed by atoms with Gasteiger partial charge in [0.15, 0.2) is 6.10 Å². The van der Waals surface area contributed by atoms with Gasteiger partial charge in [0.05, 0.1) is 23.0 Å². The van der Waals surface area contributed by atoms with Gasteiger partial charge >= 0.3 is 5.97 Å². The molecule has 2 aromatic carbocycles. The lowest BCUT2D eigenvalue weighted by Crippen LogP contribution is -2.29. The Morgan fingerprint density at radius 3 is 2.39 bits per heavy atom. The van der Waals surface area contributed by atoms with Gasteiger partial charge in [-0.2, -0.15) is 0 Å². The van der Waals surface area contributed by atoms with Gasteiger partial charge in [-0.1, -0.05) is 17.7 Å². The molecule has 162 valence electrons. The number of carbonyl (C=O) groups excluding carboxylic acids is 2. The van der Waals surface area contributed by atoms with E-state index in [9.17, 15) is 29.8 Å². The van der Waals surface area contributed by atoms with Gasteiger partial charge in [0, 0.05) is 12.1 Å². The maximum absolute atomic E-state index is 12.3. The fourth-order valence-electron chi connectivity index (χ4n) is 2.33. The van der Waals surface area contributed by atoms with Crippen LogP contribution in [-0.4, -0.2) is 34.9 Å². The second-order valence-corrected chi connectivity index (χ2v) is 6.42. The summed E-state index contributed by atoms with van der Waals surface area (Å²) in [5, 5.41) is 24.3. The van der Waals surface area contributed by atoms with E-state index >= 15 is 0 Å². The van der Waals surface area contributed by atoms with Crippen LogP contribution < -0.4 is 10.1 Å². The molecule has 12 heteroatoms. The number of nitro benzene ring substituents is 2. The third-order valence-electron chi connectivity index (χ3n) is 3.90. The highest BCUT2D eigenvalue weighted by Gasteiger charge is 2.22. The number of carbonyl (C=O) groups is 2. The molecule has 0 radical (unpaired) electrons. The van der Waals surface area contributed by atoms with Gasteiger partial charge in [0.25, 0.3) is 17.3 Å². The number of hydrogen-bond acceptors (Lipinski definition) is 8. The normalized spacial score (nSPS) is 11.6. The Labute approximate surface area is 180 Å². The molecule has 0 aliphatic heterocycles. The summed E-state index contributed by atoms with van der Waals surface area (Å²) in [6.45, 7) is 1.28. The van der Waals surface area contributed by atoms with Crippen LogP contribution in [0.15, 0.2) is 42.5 Å². The smallest absolute Gasteiger partial charge is 0.331 e. The first-order valence-electron chi connectivity index (χ1n) is 8.58. The fraction of sp³-hybridized carbons (Fsp3) is 0.158. The Bertz CT molecular complexity index is 1070. The molecule has 0 spiro atoms. The maximum Gasteiger partial charge on any atom is 0.331 e. The number of halogens is 1. The van der Waals surface area contributed by atoms with Crippen LogP contribution in [0.5, 0.6) is 5.75 Å². The SMILES string of the molecule is COc1ccc(NC(=O)C(C)OC(=O)/C=C/c2ccc(Cl)c([N+](=O)[O-])c2)c([N+](=O)[O-])c1. The molecule has 2 aromatic rings. The summed E-state index contributed by atoms with van der Waals surface area (Å²) in [5.74, 6) is -1.46. The van der Waals surface area contributed by atoms with Crippen LogP contribution in [0.3, 0.4) is 0 Å². The van der Waals surface area contributed by atoms with Crippen LogP contribution in [0, 0.1) is 20.2 Å². The van der Waals surface area contributed by atoms with Gasteiger partial charge in [-0.25, -0.2) is 4.79 Å². The van der Waals surface area contributed by atoms with Gasteiger partial charge < -0.3 is 14.8 Å². The van der Waals surface area contributed by atoms with Crippen molar-refractivity contribution < 1.29 is 28.9 Å². The lowest BCUT2D eigenvalue weighted by Gasteiger charge is -2.13. The molecule has 1 N–H and O–H groups in total. The van der Waals surface area contributed by atoms with Crippen molar-refractivity contribution in [3.8, 4) is 5.75 Å². The minimum absolute atomic E-state index is 0.0531. The number of esters is 1. The van der Waals surface area contributed by atoms with Gasteiger partial charge in [0.1, 0.15) is 16.5 Å². The molecule has 1 amide bonds. The molecule has 2 rings (SSSR count). The van der Waals surface area contributed by atoms with Crippen molar-refractivity contribution in [2.45, 2.75) is 13.0 Å². The zero-order valence-electron chi connectivity index (χ0n) is 16.2. The molecule has 0 aliphatic rings. The van der Waals surface area contributed by atoms with Crippen LogP contribution in [0.25, 0.3) is 6.08 Å². The molecule has 1 unspecified atom stereocenters. The average molecular weight is 450 g/mol. The molecule has 1 atom stereocenters. The Balaban J connectivity index is 2.04. The second kappa shape index (κ2) is 10.2. The van der Waals surface area contributed by atoms with Crippen LogP contribution in [0.2, 0.25) is 5.02 Å². The lowest BCUT2D eigenvalue weighted by molar-refractivity contribution is -0.384. The van der Waals surface area contributed by atoms with Crippen LogP contribution >= 0.6 is 11.6 Å². The molecule has 0 saturated heterocycles. The third-order valence-corrected chi connectivity index (χ3v) is 4.22. The predicted octanol–water partition coefficient (Wildman–Crippen LogP) is 3.75. The van der Waals surface area contributed by atoms with Crippen molar-refractivity contribution in [2.24, 2.45) is 0 Å². The molecular formula is C19H16ClN3O8. The summed E-state index contributed by atoms with van der Waals surface area (Å²) < 4.78 is 9.88. The molecule has 0 aliphatic carbocycles. The Hall–Kier alpha value is -3.99. The van der Waals surface area contributed by atoms with E-state index in [0.29, 0.717) is 5.56 Å². The van der Waals surface area contributed by atoms with E-state index in [1.54, 1.807) is 0 Å². The van der Waals surface area contributed by atoms with Gasteiger partial charge in [-0.15, -0.1) is 0 Å². The van der Waals surface area contributed by atoms with Crippen molar-refractivity contribution >= 4 is 46.6 Å². The van der Waals surface area contributed by atoms with Crippen molar-refractivity contribution in [3.05, 3.63) is 73.3 Å². The monoisotopic (exact) mass is 449 g/mol. The van der Waals surface area contributed by atoms with Crippen molar-refractivity contribution in [1.82, 2.24) is 0 Å². The number of amides is 1. The topological polar surface area (TPSA) is 151 Å². The van der Waals surface area contributed by atoms with Gasteiger partial charge in [0.2, 0.25) is 0 Å². The first-order valence-corrected chi connectivity index (χ1v) is 8.96. The highest BCUT2D eigenvalue weighted by molar-refractivity contribution is 6.32. The summed E-state index contributed by atoms with van der Waals surface area (Å²) in [4.78, 5) is 44.9. The maximum atomic E-state index is 12.3. The molecule has 31 heavy (non-hydrogen) atoms. The minimum atomic E-state index is -1.28. The minimum Gasteiger partial charge on any atom is -0.496 e. The number of nitro groups is 2. The summed E-state index contributed by atoms with van der Waals surface area (Å²) >= 11 is 5.72. The molecule has 0 saturated carbocycles. The summed E-state index contributed by atoms with van der Waals surface area (Å²) in [5.41, 5.74) is -0.497. The van der Waals surface area contributed by atoms with Crippen LogP contribution in [0.1, 0.15) is 12.5 Å². The standard InChI is InChI=1S/C19H16ClN3O8/c1-11(19(25)21-15-7-5-13(30-2)10-17(15)23(28)29)31-18(24)8-4-12-3-6-14(20)16(9-12)22(26)27/h3-11H,1-2H3,(H,21,25)/b8-4+. The quantitative estimate of drug-likeness (QED) is 0.277. The number of ether oxygens (including phenoxy) is 2. The van der Waals surface area contributed by atoms with E-state index in [-0.39, 0.29) is 22.1 Å². The van der Waals surface area contributed by atoms with E-state index in [1.807, 2.05) is 0 Å². The number of rotatable bonds is 8. The van der Waals surface area contributed by atoms with Gasteiger partial charge in [-0.05, 0) is 36.8 Å². The number of anilines is 1. The second-order valence-electron chi connectivity index (χ2n) is 6.01. The first kappa shape index (κ1) is 23.3. The van der Waals surface area contributed by atoms with Gasteiger partial charge in [-0.3, -0.25) is 25.0 Å². The third kappa shape index (κ3) is 6.24. The Morgan fingerprint density at radius 1 is 1.10 bits per heavy atom. The summed E-state index contributed by atoms with van der Waals surface area (Å²) in [7, 11) is 1.34. The molecule has 0 bridgehead atoms. The van der Waals surface area contributed by atoms with Crippen LogP contribution in [-0.2, 0) is 14.3 Å². The van der Waals surface area contributed by atoms with E-state index < -0.39 is 33.5 Å². The molecular weight excluding hydrogens is 434 g/mol.